The molecule has 144 valence electrons. The van der Waals surface area contributed by atoms with Crippen LogP contribution in [0.25, 0.3) is 0 Å². The predicted molar refractivity (Wildman–Crippen MR) is 81.0 cm³/mol. The van der Waals surface area contributed by atoms with Crippen LogP contribution in [-0.2, 0) is 19.0 Å². The molecule has 0 bridgehead atoms. The molecule has 2 saturated heterocycles. The van der Waals surface area contributed by atoms with E-state index in [1.54, 1.807) is 13.8 Å². The SMILES string of the molecule is C[C@H]1C(=O)OC[C@@H]2[C@H]1C[C@H](O)[C@@]2(C)O[C@@H]1O[C@H](CO)[C@@H](O)[C@H](O)[C@H]1O. The molecule has 10 atom stereocenters. The van der Waals surface area contributed by atoms with Crippen molar-refractivity contribution in [1.29, 1.82) is 0 Å². The van der Waals surface area contributed by atoms with Crippen LogP contribution in [0.15, 0.2) is 0 Å². The molecule has 0 spiro atoms. The van der Waals surface area contributed by atoms with Crippen LogP contribution in [-0.4, -0.2) is 87.1 Å². The summed E-state index contributed by atoms with van der Waals surface area (Å²) in [5, 5.41) is 49.7. The number of aliphatic hydroxyl groups is 5. The number of carbonyl (C=O) groups excluding carboxylic acids is 1. The van der Waals surface area contributed by atoms with E-state index in [1.807, 2.05) is 0 Å². The Labute approximate surface area is 145 Å². The molecular formula is C16H26O9. The van der Waals surface area contributed by atoms with Crippen LogP contribution >= 0.6 is 0 Å². The Morgan fingerprint density at radius 3 is 2.52 bits per heavy atom. The van der Waals surface area contributed by atoms with Gasteiger partial charge >= 0.3 is 5.97 Å². The number of ether oxygens (including phenoxy) is 3. The van der Waals surface area contributed by atoms with E-state index in [2.05, 4.69) is 0 Å². The van der Waals surface area contributed by atoms with Crippen molar-refractivity contribution in [2.75, 3.05) is 13.2 Å². The molecule has 9 nitrogen and oxygen atoms in total. The number of esters is 1. The van der Waals surface area contributed by atoms with E-state index in [4.69, 9.17) is 14.2 Å². The van der Waals surface area contributed by atoms with E-state index in [9.17, 15) is 30.3 Å². The molecule has 0 aromatic rings. The van der Waals surface area contributed by atoms with Gasteiger partial charge in [0.25, 0.3) is 0 Å². The maximum Gasteiger partial charge on any atom is 0.308 e. The highest BCUT2D eigenvalue weighted by Crippen LogP contribution is 2.49. The fraction of sp³-hybridized carbons (Fsp3) is 0.938. The maximum absolute atomic E-state index is 11.8. The monoisotopic (exact) mass is 362 g/mol. The molecule has 3 fully saturated rings. The molecule has 1 aliphatic carbocycles. The van der Waals surface area contributed by atoms with Crippen molar-refractivity contribution in [2.24, 2.45) is 17.8 Å². The quantitative estimate of drug-likeness (QED) is 0.351. The second kappa shape index (κ2) is 6.73. The maximum atomic E-state index is 11.8. The highest BCUT2D eigenvalue weighted by molar-refractivity contribution is 5.73. The van der Waals surface area contributed by atoms with Gasteiger partial charge in [-0.05, 0) is 19.3 Å². The lowest BCUT2D eigenvalue weighted by molar-refractivity contribution is -0.338. The molecule has 0 amide bonds. The van der Waals surface area contributed by atoms with Crippen molar-refractivity contribution in [3.8, 4) is 0 Å². The van der Waals surface area contributed by atoms with Crippen LogP contribution in [0.1, 0.15) is 20.3 Å². The minimum atomic E-state index is -1.56. The zero-order valence-electron chi connectivity index (χ0n) is 14.2. The van der Waals surface area contributed by atoms with Gasteiger partial charge in [0.2, 0.25) is 0 Å². The van der Waals surface area contributed by atoms with Crippen LogP contribution in [0.3, 0.4) is 0 Å². The van der Waals surface area contributed by atoms with Crippen molar-refractivity contribution >= 4 is 5.97 Å². The van der Waals surface area contributed by atoms with Crippen molar-refractivity contribution in [3.05, 3.63) is 0 Å². The summed E-state index contributed by atoms with van der Waals surface area (Å²) in [5.74, 6) is -1.13. The third-order valence-electron chi connectivity index (χ3n) is 6.05. The smallest absolute Gasteiger partial charge is 0.308 e. The number of hydrogen-bond donors (Lipinski definition) is 5. The molecule has 5 N–H and O–H groups in total. The lowest BCUT2D eigenvalue weighted by atomic mass is 9.79. The number of rotatable bonds is 3. The first-order chi connectivity index (χ1) is 11.7. The molecule has 0 radical (unpaired) electrons. The Hall–Kier alpha value is -0.810. The summed E-state index contributed by atoms with van der Waals surface area (Å²) >= 11 is 0. The molecule has 2 aliphatic heterocycles. The molecule has 3 rings (SSSR count). The van der Waals surface area contributed by atoms with Crippen LogP contribution in [0, 0.1) is 17.8 Å². The zero-order chi connectivity index (χ0) is 18.5. The Morgan fingerprint density at radius 2 is 1.88 bits per heavy atom. The van der Waals surface area contributed by atoms with E-state index >= 15 is 0 Å². The Bertz CT molecular complexity index is 512. The Balaban J connectivity index is 1.80. The first kappa shape index (κ1) is 19.0. The summed E-state index contributed by atoms with van der Waals surface area (Å²) in [4.78, 5) is 11.8. The van der Waals surface area contributed by atoms with Gasteiger partial charge in [-0.25, -0.2) is 0 Å². The molecular weight excluding hydrogens is 336 g/mol. The topological polar surface area (TPSA) is 146 Å². The number of cyclic esters (lactones) is 1. The zero-order valence-corrected chi connectivity index (χ0v) is 14.2. The fourth-order valence-electron chi connectivity index (χ4n) is 4.23. The fourth-order valence-corrected chi connectivity index (χ4v) is 4.23. The minimum absolute atomic E-state index is 0.0822. The van der Waals surface area contributed by atoms with Gasteiger partial charge in [-0.3, -0.25) is 4.79 Å². The average molecular weight is 362 g/mol. The normalized spacial score (nSPS) is 53.4. The summed E-state index contributed by atoms with van der Waals surface area (Å²) in [6.07, 6.45) is -7.61. The van der Waals surface area contributed by atoms with Gasteiger partial charge in [-0.15, -0.1) is 0 Å². The highest BCUT2D eigenvalue weighted by Gasteiger charge is 2.59. The molecule has 3 aliphatic rings. The third kappa shape index (κ3) is 2.97. The second-order valence-electron chi connectivity index (χ2n) is 7.44. The highest BCUT2D eigenvalue weighted by atomic mass is 16.7. The van der Waals surface area contributed by atoms with Crippen LogP contribution in [0.5, 0.6) is 0 Å². The summed E-state index contributed by atoms with van der Waals surface area (Å²) in [7, 11) is 0. The lowest BCUT2D eigenvalue weighted by Gasteiger charge is -2.45. The van der Waals surface area contributed by atoms with E-state index < -0.39 is 49.0 Å². The average Bonchev–Trinajstić information content (AvgIpc) is 2.83. The van der Waals surface area contributed by atoms with Crippen molar-refractivity contribution in [1.82, 2.24) is 0 Å². The van der Waals surface area contributed by atoms with Gasteiger partial charge in [-0.2, -0.15) is 0 Å². The molecule has 0 aromatic carbocycles. The van der Waals surface area contributed by atoms with E-state index in [0.29, 0.717) is 6.42 Å². The van der Waals surface area contributed by atoms with Gasteiger partial charge in [0.1, 0.15) is 30.0 Å². The molecule has 2 heterocycles. The molecule has 25 heavy (non-hydrogen) atoms. The number of hydrogen-bond acceptors (Lipinski definition) is 9. The summed E-state index contributed by atoms with van der Waals surface area (Å²) in [6.45, 7) is 2.91. The van der Waals surface area contributed by atoms with Crippen LogP contribution in [0.2, 0.25) is 0 Å². The van der Waals surface area contributed by atoms with Crippen molar-refractivity contribution < 1.29 is 44.5 Å². The Morgan fingerprint density at radius 1 is 1.20 bits per heavy atom. The second-order valence-corrected chi connectivity index (χ2v) is 7.44. The van der Waals surface area contributed by atoms with E-state index in [1.165, 1.54) is 0 Å². The van der Waals surface area contributed by atoms with Crippen molar-refractivity contribution in [3.63, 3.8) is 0 Å². The first-order valence-corrected chi connectivity index (χ1v) is 8.53. The van der Waals surface area contributed by atoms with E-state index in [0.717, 1.165) is 0 Å². The molecule has 9 heteroatoms. The Kier molecular flexibility index (Phi) is 5.11. The number of aliphatic hydroxyl groups excluding tert-OH is 5. The van der Waals surface area contributed by atoms with Gasteiger partial charge in [0, 0.05) is 5.92 Å². The lowest BCUT2D eigenvalue weighted by Crippen LogP contribution is -2.62. The first-order valence-electron chi connectivity index (χ1n) is 8.53. The number of carbonyl (C=O) groups is 1. The predicted octanol–water partition coefficient (Wildman–Crippen LogP) is -2.25. The van der Waals surface area contributed by atoms with Gasteiger partial charge in [0.05, 0.1) is 25.2 Å². The largest absolute Gasteiger partial charge is 0.465 e. The van der Waals surface area contributed by atoms with Gasteiger partial charge in [0.15, 0.2) is 6.29 Å². The molecule has 0 unspecified atom stereocenters. The standard InChI is InChI=1S/C16H26O9/c1-6-7-3-10(18)16(2,8(7)5-23-14(6)22)25-15-13(21)12(20)11(19)9(4-17)24-15/h6-13,15,17-21H,3-5H2,1-2H3/t6-,7+,8-,9-,10+,11-,12+,13-,15+,16+/m1/s1. The van der Waals surface area contributed by atoms with Crippen LogP contribution < -0.4 is 0 Å². The molecule has 0 aromatic heterocycles. The van der Waals surface area contributed by atoms with Gasteiger partial charge < -0.3 is 39.7 Å². The summed E-state index contributed by atoms with van der Waals surface area (Å²) in [5.41, 5.74) is -1.17. The van der Waals surface area contributed by atoms with Gasteiger partial charge in [-0.1, -0.05) is 6.92 Å². The third-order valence-corrected chi connectivity index (χ3v) is 6.05. The van der Waals surface area contributed by atoms with Crippen LogP contribution in [0.4, 0.5) is 0 Å². The number of fused-ring (bicyclic) bond motifs is 1. The van der Waals surface area contributed by atoms with Crippen molar-refractivity contribution in [2.45, 2.75) is 62.7 Å². The summed E-state index contributed by atoms with van der Waals surface area (Å²) < 4.78 is 16.4. The molecule has 1 saturated carbocycles. The summed E-state index contributed by atoms with van der Waals surface area (Å²) in [6, 6.07) is 0. The minimum Gasteiger partial charge on any atom is -0.465 e. The van der Waals surface area contributed by atoms with E-state index in [-0.39, 0.29) is 30.3 Å².